The van der Waals surface area contributed by atoms with Crippen molar-refractivity contribution in [2.75, 3.05) is 11.9 Å². The summed E-state index contributed by atoms with van der Waals surface area (Å²) in [7, 11) is 0. The summed E-state index contributed by atoms with van der Waals surface area (Å²) in [6.07, 6.45) is 2.43. The van der Waals surface area contributed by atoms with Gasteiger partial charge in [-0.15, -0.1) is 22.5 Å². The molecular weight excluding hydrogens is 221 g/mol. The molecule has 0 atom stereocenters. The normalized spacial score (nSPS) is 10.9. The number of terminal acetylenes is 1. The van der Waals surface area contributed by atoms with Crippen molar-refractivity contribution < 1.29 is 13.2 Å². The molecule has 0 aliphatic rings. The molecule has 0 radical (unpaired) electrons. The summed E-state index contributed by atoms with van der Waals surface area (Å²) in [5.41, 5.74) is -1.11. The fraction of sp³-hybridized carbons (Fsp3) is 0.444. The fourth-order valence-corrected chi connectivity index (χ4v) is 0.877. The van der Waals surface area contributed by atoms with Crippen LogP contribution in [0.5, 0.6) is 0 Å². The molecule has 0 bridgehead atoms. The lowest BCUT2D eigenvalue weighted by atomic mass is 10.3. The molecule has 0 spiro atoms. The second-order valence-electron chi connectivity index (χ2n) is 2.90. The van der Waals surface area contributed by atoms with Crippen LogP contribution in [-0.2, 0) is 6.18 Å². The van der Waals surface area contributed by atoms with Gasteiger partial charge in [-0.25, -0.2) is 4.98 Å². The number of aromatic nitrogens is 3. The first-order chi connectivity index (χ1) is 7.54. The van der Waals surface area contributed by atoms with Gasteiger partial charge in [0.2, 0.25) is 5.95 Å². The number of rotatable bonds is 4. The van der Waals surface area contributed by atoms with Crippen LogP contribution in [0.15, 0.2) is 6.20 Å². The zero-order chi connectivity index (χ0) is 12.0. The Kier molecular flexibility index (Phi) is 4.05. The minimum atomic E-state index is -4.51. The van der Waals surface area contributed by atoms with Gasteiger partial charge in [-0.05, 0) is 6.42 Å². The fourth-order valence-electron chi connectivity index (χ4n) is 0.877. The van der Waals surface area contributed by atoms with Crippen molar-refractivity contribution in [3.63, 3.8) is 0 Å². The zero-order valence-electron chi connectivity index (χ0n) is 8.25. The van der Waals surface area contributed by atoms with Gasteiger partial charge >= 0.3 is 6.18 Å². The number of nitrogens with one attached hydrogen (secondary N) is 1. The van der Waals surface area contributed by atoms with E-state index in [0.717, 1.165) is 0 Å². The summed E-state index contributed by atoms with van der Waals surface area (Å²) in [6, 6.07) is 0. The zero-order valence-corrected chi connectivity index (χ0v) is 8.25. The smallest absolute Gasteiger partial charge is 0.353 e. The van der Waals surface area contributed by atoms with Gasteiger partial charge in [0.15, 0.2) is 5.69 Å². The van der Waals surface area contributed by atoms with Gasteiger partial charge in [0.1, 0.15) is 0 Å². The van der Waals surface area contributed by atoms with E-state index in [-0.39, 0.29) is 5.95 Å². The first-order valence-electron chi connectivity index (χ1n) is 4.48. The monoisotopic (exact) mass is 230 g/mol. The molecule has 1 N–H and O–H groups in total. The molecule has 86 valence electrons. The van der Waals surface area contributed by atoms with E-state index >= 15 is 0 Å². The molecule has 4 nitrogen and oxygen atoms in total. The van der Waals surface area contributed by atoms with Gasteiger partial charge in [-0.2, -0.15) is 13.2 Å². The Morgan fingerprint density at radius 2 is 2.12 bits per heavy atom. The number of hydrogen-bond acceptors (Lipinski definition) is 4. The van der Waals surface area contributed by atoms with Crippen LogP contribution in [0.1, 0.15) is 18.5 Å². The van der Waals surface area contributed by atoms with Crippen molar-refractivity contribution in [1.29, 1.82) is 0 Å². The van der Waals surface area contributed by atoms with Crippen molar-refractivity contribution >= 4 is 5.95 Å². The second-order valence-corrected chi connectivity index (χ2v) is 2.90. The summed E-state index contributed by atoms with van der Waals surface area (Å²) >= 11 is 0. The summed E-state index contributed by atoms with van der Waals surface area (Å²) in [5, 5.41) is 9.02. The van der Waals surface area contributed by atoms with Crippen LogP contribution >= 0.6 is 0 Å². The highest BCUT2D eigenvalue weighted by molar-refractivity contribution is 5.21. The molecule has 1 heterocycles. The molecule has 7 heteroatoms. The maximum Gasteiger partial charge on any atom is 0.436 e. The van der Waals surface area contributed by atoms with Gasteiger partial charge < -0.3 is 5.32 Å². The van der Waals surface area contributed by atoms with E-state index in [4.69, 9.17) is 6.42 Å². The average Bonchev–Trinajstić information content (AvgIpc) is 2.24. The maximum absolute atomic E-state index is 12.1. The minimum Gasteiger partial charge on any atom is -0.353 e. The first-order valence-corrected chi connectivity index (χ1v) is 4.48. The van der Waals surface area contributed by atoms with E-state index in [1.165, 1.54) is 0 Å². The third-order valence-corrected chi connectivity index (χ3v) is 1.63. The van der Waals surface area contributed by atoms with Crippen LogP contribution in [0.2, 0.25) is 0 Å². The number of hydrogen-bond donors (Lipinski definition) is 1. The first kappa shape index (κ1) is 12.2. The van der Waals surface area contributed by atoms with Gasteiger partial charge in [0, 0.05) is 13.0 Å². The van der Waals surface area contributed by atoms with E-state index < -0.39 is 11.9 Å². The van der Waals surface area contributed by atoms with Crippen molar-refractivity contribution in [2.45, 2.75) is 19.0 Å². The summed E-state index contributed by atoms with van der Waals surface area (Å²) in [4.78, 5) is 3.49. The van der Waals surface area contributed by atoms with E-state index in [1.54, 1.807) is 0 Å². The molecule has 1 aromatic rings. The Morgan fingerprint density at radius 3 is 2.62 bits per heavy atom. The Hall–Kier alpha value is -1.84. The molecule has 1 aromatic heterocycles. The van der Waals surface area contributed by atoms with Gasteiger partial charge in [-0.3, -0.25) is 0 Å². The number of nitrogens with zero attached hydrogens (tertiary/aromatic N) is 3. The lowest BCUT2D eigenvalue weighted by molar-refractivity contribution is -0.142. The number of halogens is 3. The molecule has 0 aromatic carbocycles. The van der Waals surface area contributed by atoms with Gasteiger partial charge in [0.05, 0.1) is 6.20 Å². The quantitative estimate of drug-likeness (QED) is 0.632. The Bertz CT molecular complexity index is 366. The molecule has 0 fully saturated rings. The van der Waals surface area contributed by atoms with E-state index in [2.05, 4.69) is 26.4 Å². The second kappa shape index (κ2) is 5.30. The van der Waals surface area contributed by atoms with Crippen LogP contribution < -0.4 is 5.32 Å². The molecule has 0 aliphatic carbocycles. The average molecular weight is 230 g/mol. The standard InChI is InChI=1S/C9H9F3N4/c1-2-3-4-5-13-8-14-6-7(15-16-8)9(10,11)12/h1,6H,3-5H2,(H,13,14,16). The highest BCUT2D eigenvalue weighted by Gasteiger charge is 2.33. The largest absolute Gasteiger partial charge is 0.436 e. The molecule has 16 heavy (non-hydrogen) atoms. The van der Waals surface area contributed by atoms with Crippen molar-refractivity contribution in [2.24, 2.45) is 0 Å². The molecule has 0 unspecified atom stereocenters. The van der Waals surface area contributed by atoms with Crippen molar-refractivity contribution in [3.05, 3.63) is 11.9 Å². The molecular formula is C9H9F3N4. The van der Waals surface area contributed by atoms with Gasteiger partial charge in [0.25, 0.3) is 0 Å². The van der Waals surface area contributed by atoms with Gasteiger partial charge in [-0.1, -0.05) is 0 Å². The SMILES string of the molecule is C#CCCCNc1ncc(C(F)(F)F)nn1. The van der Waals surface area contributed by atoms with Crippen LogP contribution in [0.3, 0.4) is 0 Å². The number of anilines is 1. The lowest BCUT2D eigenvalue weighted by Crippen LogP contribution is -2.12. The molecule has 0 aliphatic heterocycles. The number of unbranched alkanes of at least 4 members (excludes halogenated alkanes) is 1. The highest BCUT2D eigenvalue weighted by atomic mass is 19.4. The third kappa shape index (κ3) is 3.73. The lowest BCUT2D eigenvalue weighted by Gasteiger charge is -2.05. The molecule has 0 amide bonds. The van der Waals surface area contributed by atoms with Crippen LogP contribution in [0.25, 0.3) is 0 Å². The topological polar surface area (TPSA) is 50.7 Å². The molecule has 1 rings (SSSR count). The summed E-state index contributed by atoms with van der Waals surface area (Å²) < 4.78 is 36.3. The summed E-state index contributed by atoms with van der Waals surface area (Å²) in [6.45, 7) is 0.497. The summed E-state index contributed by atoms with van der Waals surface area (Å²) in [5.74, 6) is 2.50. The molecule has 0 saturated carbocycles. The van der Waals surface area contributed by atoms with E-state index in [1.807, 2.05) is 0 Å². The third-order valence-electron chi connectivity index (χ3n) is 1.63. The maximum atomic E-state index is 12.1. The van der Waals surface area contributed by atoms with Crippen molar-refractivity contribution in [1.82, 2.24) is 15.2 Å². The Morgan fingerprint density at radius 1 is 1.38 bits per heavy atom. The number of alkyl halides is 3. The predicted molar refractivity (Wildman–Crippen MR) is 51.4 cm³/mol. The highest BCUT2D eigenvalue weighted by Crippen LogP contribution is 2.26. The predicted octanol–water partition coefficient (Wildman–Crippen LogP) is 1.72. The molecule has 0 saturated heterocycles. The van der Waals surface area contributed by atoms with E-state index in [9.17, 15) is 13.2 Å². The van der Waals surface area contributed by atoms with Crippen molar-refractivity contribution in [3.8, 4) is 12.3 Å². The van der Waals surface area contributed by atoms with E-state index in [0.29, 0.717) is 25.6 Å². The van der Waals surface area contributed by atoms with Crippen LogP contribution in [0, 0.1) is 12.3 Å². The van der Waals surface area contributed by atoms with Crippen LogP contribution in [-0.4, -0.2) is 21.7 Å². The Labute approximate surface area is 90.3 Å². The Balaban J connectivity index is 2.49. The van der Waals surface area contributed by atoms with Crippen LogP contribution in [0.4, 0.5) is 19.1 Å². The minimum absolute atomic E-state index is 0.0602.